The van der Waals surface area contributed by atoms with E-state index in [2.05, 4.69) is 15.9 Å². The molecule has 3 N–H and O–H groups in total. The van der Waals surface area contributed by atoms with Crippen molar-refractivity contribution in [2.75, 3.05) is 6.54 Å². The third kappa shape index (κ3) is 3.35. The van der Waals surface area contributed by atoms with Gasteiger partial charge in [-0.05, 0) is 23.8 Å². The van der Waals surface area contributed by atoms with Crippen molar-refractivity contribution in [3.63, 3.8) is 0 Å². The molecule has 2 aromatic carbocycles. The largest absolute Gasteiger partial charge is 0.388 e. The predicted molar refractivity (Wildman–Crippen MR) is 87.4 cm³/mol. The van der Waals surface area contributed by atoms with Gasteiger partial charge in [0.1, 0.15) is 0 Å². The zero-order valence-electron chi connectivity index (χ0n) is 10.6. The Bertz CT molecular complexity index is 606. The van der Waals surface area contributed by atoms with Gasteiger partial charge in [0.2, 0.25) is 0 Å². The summed E-state index contributed by atoms with van der Waals surface area (Å²) in [5, 5.41) is 11.4. The molecule has 5 heteroatoms. The van der Waals surface area contributed by atoms with E-state index in [1.54, 1.807) is 18.2 Å². The average molecular weight is 375 g/mol. The Kier molecular flexibility index (Phi) is 5.47. The zero-order chi connectivity index (χ0) is 14.7. The van der Waals surface area contributed by atoms with Gasteiger partial charge < -0.3 is 10.8 Å². The number of nitrogens with two attached hydrogens (primary N) is 1. The van der Waals surface area contributed by atoms with Gasteiger partial charge in [-0.25, -0.2) is 0 Å². The van der Waals surface area contributed by atoms with Gasteiger partial charge in [0.15, 0.2) is 0 Å². The fourth-order valence-electron chi connectivity index (χ4n) is 2.15. The van der Waals surface area contributed by atoms with Crippen LogP contribution >= 0.6 is 39.1 Å². The second-order valence-corrected chi connectivity index (χ2v) is 6.19. The number of hydrogen-bond donors (Lipinski definition) is 2. The number of aliphatic hydroxyl groups is 1. The minimum Gasteiger partial charge on any atom is -0.388 e. The van der Waals surface area contributed by atoms with Gasteiger partial charge in [-0.1, -0.05) is 63.4 Å². The third-order valence-corrected chi connectivity index (χ3v) is 4.54. The second kappa shape index (κ2) is 6.92. The fourth-order valence-corrected chi connectivity index (χ4v) is 2.99. The predicted octanol–water partition coefficient (Wildman–Crippen LogP) is 4.53. The molecule has 2 unspecified atom stereocenters. The highest BCUT2D eigenvalue weighted by Crippen LogP contribution is 2.37. The topological polar surface area (TPSA) is 46.2 Å². The van der Waals surface area contributed by atoms with Gasteiger partial charge in [-0.2, -0.15) is 0 Å². The van der Waals surface area contributed by atoms with E-state index in [0.717, 1.165) is 10.0 Å². The normalized spacial score (nSPS) is 14.1. The first-order valence-corrected chi connectivity index (χ1v) is 7.67. The summed E-state index contributed by atoms with van der Waals surface area (Å²) in [6.07, 6.45) is -0.805. The van der Waals surface area contributed by atoms with Gasteiger partial charge in [0, 0.05) is 22.5 Å². The summed E-state index contributed by atoms with van der Waals surface area (Å²) in [7, 11) is 0. The van der Waals surface area contributed by atoms with E-state index in [1.165, 1.54) is 0 Å². The first-order valence-electron chi connectivity index (χ1n) is 6.12. The molecule has 0 spiro atoms. The van der Waals surface area contributed by atoms with Crippen LogP contribution in [0.4, 0.5) is 0 Å². The van der Waals surface area contributed by atoms with Crippen molar-refractivity contribution in [3.05, 3.63) is 68.1 Å². The fraction of sp³-hybridized carbons (Fsp3) is 0.200. The molecule has 2 atom stereocenters. The van der Waals surface area contributed by atoms with Crippen LogP contribution in [0.25, 0.3) is 0 Å². The van der Waals surface area contributed by atoms with E-state index in [-0.39, 0.29) is 5.92 Å². The summed E-state index contributed by atoms with van der Waals surface area (Å²) in [6.45, 7) is 0.306. The van der Waals surface area contributed by atoms with E-state index in [4.69, 9.17) is 28.9 Å². The van der Waals surface area contributed by atoms with E-state index in [9.17, 15) is 5.11 Å². The molecule has 0 aromatic heterocycles. The van der Waals surface area contributed by atoms with E-state index in [1.807, 2.05) is 24.3 Å². The van der Waals surface area contributed by atoms with E-state index < -0.39 is 6.10 Å². The molecular weight excluding hydrogens is 361 g/mol. The number of halogens is 3. The van der Waals surface area contributed by atoms with Crippen LogP contribution < -0.4 is 5.73 Å². The van der Waals surface area contributed by atoms with Crippen molar-refractivity contribution in [3.8, 4) is 0 Å². The summed E-state index contributed by atoms with van der Waals surface area (Å²) in [5.41, 5.74) is 7.37. The summed E-state index contributed by atoms with van der Waals surface area (Å²) >= 11 is 15.6. The maximum atomic E-state index is 10.6. The van der Waals surface area contributed by atoms with Gasteiger partial charge in [0.05, 0.1) is 16.1 Å². The van der Waals surface area contributed by atoms with Crippen LogP contribution in [-0.4, -0.2) is 11.7 Å². The molecule has 0 saturated carbocycles. The van der Waals surface area contributed by atoms with Gasteiger partial charge in [-0.3, -0.25) is 0 Å². The highest BCUT2D eigenvalue weighted by atomic mass is 79.9. The summed E-state index contributed by atoms with van der Waals surface area (Å²) in [5.74, 6) is -0.247. The van der Waals surface area contributed by atoms with Gasteiger partial charge >= 0.3 is 0 Å². The lowest BCUT2D eigenvalue weighted by Gasteiger charge is -2.23. The first-order chi connectivity index (χ1) is 9.54. The van der Waals surface area contributed by atoms with Gasteiger partial charge in [0.25, 0.3) is 0 Å². The number of aliphatic hydroxyl groups excluding tert-OH is 1. The van der Waals surface area contributed by atoms with Crippen LogP contribution in [0.5, 0.6) is 0 Å². The van der Waals surface area contributed by atoms with Crippen LogP contribution in [0.1, 0.15) is 23.1 Å². The molecule has 0 heterocycles. The minimum absolute atomic E-state index is 0.247. The van der Waals surface area contributed by atoms with Crippen molar-refractivity contribution >= 4 is 39.1 Å². The highest BCUT2D eigenvalue weighted by molar-refractivity contribution is 9.10. The minimum atomic E-state index is -0.805. The van der Waals surface area contributed by atoms with Gasteiger partial charge in [-0.15, -0.1) is 0 Å². The molecule has 0 radical (unpaired) electrons. The van der Waals surface area contributed by atoms with Crippen LogP contribution in [0.3, 0.4) is 0 Å². The molecular formula is C15H14BrCl2NO. The Morgan fingerprint density at radius 2 is 1.85 bits per heavy atom. The highest BCUT2D eigenvalue weighted by Gasteiger charge is 2.24. The molecule has 20 heavy (non-hydrogen) atoms. The molecule has 2 aromatic rings. The number of benzene rings is 2. The standard InChI is InChI=1S/C15H14BrCl2NO/c16-10-4-1-3-9(7-10)12(8-19)15(20)11-5-2-6-13(17)14(11)18/h1-7,12,15,20H,8,19H2. The SMILES string of the molecule is NCC(c1cccc(Br)c1)C(O)c1cccc(Cl)c1Cl. The lowest BCUT2D eigenvalue weighted by atomic mass is 9.89. The maximum Gasteiger partial charge on any atom is 0.0885 e. The molecule has 0 saturated heterocycles. The van der Waals surface area contributed by atoms with Crippen molar-refractivity contribution in [2.24, 2.45) is 5.73 Å². The monoisotopic (exact) mass is 373 g/mol. The second-order valence-electron chi connectivity index (χ2n) is 4.49. The zero-order valence-corrected chi connectivity index (χ0v) is 13.7. The van der Waals surface area contributed by atoms with Crippen LogP contribution in [0.2, 0.25) is 10.0 Å². The van der Waals surface area contributed by atoms with Crippen molar-refractivity contribution in [1.82, 2.24) is 0 Å². The molecule has 0 aliphatic carbocycles. The average Bonchev–Trinajstić information content (AvgIpc) is 2.42. The molecule has 2 rings (SSSR count). The lowest BCUT2D eigenvalue weighted by molar-refractivity contribution is 0.147. The number of rotatable bonds is 4. The summed E-state index contributed by atoms with van der Waals surface area (Å²) in [4.78, 5) is 0. The maximum absolute atomic E-state index is 10.6. The molecule has 0 bridgehead atoms. The van der Waals surface area contributed by atoms with E-state index >= 15 is 0 Å². The Morgan fingerprint density at radius 3 is 2.50 bits per heavy atom. The lowest BCUT2D eigenvalue weighted by Crippen LogP contribution is -2.20. The third-order valence-electron chi connectivity index (χ3n) is 3.21. The summed E-state index contributed by atoms with van der Waals surface area (Å²) < 4.78 is 0.942. The van der Waals surface area contributed by atoms with E-state index in [0.29, 0.717) is 22.2 Å². The molecule has 0 aliphatic heterocycles. The van der Waals surface area contributed by atoms with Crippen LogP contribution in [0, 0.1) is 0 Å². The Hall–Kier alpha value is -0.580. The summed E-state index contributed by atoms with van der Waals surface area (Å²) in [6, 6.07) is 12.9. The molecule has 2 nitrogen and oxygen atoms in total. The smallest absolute Gasteiger partial charge is 0.0885 e. The Labute approximate surface area is 136 Å². The molecule has 0 amide bonds. The van der Waals surface area contributed by atoms with Crippen molar-refractivity contribution in [2.45, 2.75) is 12.0 Å². The van der Waals surface area contributed by atoms with Crippen molar-refractivity contribution in [1.29, 1.82) is 0 Å². The van der Waals surface area contributed by atoms with Crippen LogP contribution in [-0.2, 0) is 0 Å². The Balaban J connectivity index is 2.39. The first kappa shape index (κ1) is 15.8. The molecule has 0 fully saturated rings. The quantitative estimate of drug-likeness (QED) is 0.825. The molecule has 106 valence electrons. The van der Waals surface area contributed by atoms with Crippen LogP contribution in [0.15, 0.2) is 46.9 Å². The Morgan fingerprint density at radius 1 is 1.15 bits per heavy atom. The molecule has 0 aliphatic rings. The number of hydrogen-bond acceptors (Lipinski definition) is 2. The van der Waals surface area contributed by atoms with Crippen molar-refractivity contribution < 1.29 is 5.11 Å².